The zero-order valence-corrected chi connectivity index (χ0v) is 44.9. The molecule has 81 heavy (non-hydrogen) atoms. The number of carboxylic acids is 2. The smallest absolute Gasteiger partial charge is 0.326 e. The minimum atomic E-state index is -1.91. The number of nitrogens with two attached hydrogens (primary N) is 1. The number of nitrogens with one attached hydrogen (secondary N) is 9. The van der Waals surface area contributed by atoms with E-state index in [0.29, 0.717) is 16.7 Å². The van der Waals surface area contributed by atoms with E-state index in [2.05, 4.69) is 47.9 Å². The topological polar surface area (TPSA) is 464 Å². The number of aliphatic hydroxyl groups is 3. The van der Waals surface area contributed by atoms with Gasteiger partial charge in [0.15, 0.2) is 0 Å². The predicted octanol–water partition coefficient (Wildman–Crippen LogP) is -4.31. The second kappa shape index (κ2) is 33.0. The van der Waals surface area contributed by atoms with Gasteiger partial charge in [-0.1, -0.05) is 82.3 Å². The zero-order chi connectivity index (χ0) is 60.5. The number of hydrogen-bond donors (Lipinski definition) is 17. The van der Waals surface area contributed by atoms with Crippen LogP contribution in [0.25, 0.3) is 0 Å². The number of phenols is 2. The molecule has 18 N–H and O–H groups in total. The Morgan fingerprint density at radius 1 is 0.444 bits per heavy atom. The summed E-state index contributed by atoms with van der Waals surface area (Å²) in [6.45, 7) is 2.67. The third-order valence-corrected chi connectivity index (χ3v) is 12.1. The Morgan fingerprint density at radius 2 is 0.827 bits per heavy atom. The molecule has 0 aliphatic carbocycles. The highest BCUT2D eigenvalue weighted by Gasteiger charge is 2.36. The van der Waals surface area contributed by atoms with Gasteiger partial charge in [-0.3, -0.25) is 47.9 Å². The molecule has 0 aliphatic heterocycles. The molecule has 0 unspecified atom stereocenters. The third-order valence-electron chi connectivity index (χ3n) is 12.1. The van der Waals surface area contributed by atoms with Gasteiger partial charge >= 0.3 is 11.9 Å². The first-order valence-corrected chi connectivity index (χ1v) is 25.6. The largest absolute Gasteiger partial charge is 0.508 e. The SMILES string of the molecule is CC(C)C[C@H](N)C(=O)N[C@@H](CO)C(=O)N[C@@H](CC(=O)O)C(=O)N[C@@H](Cc1ccc(O)cc1)C(=O)N[C@H](C(=O)N[C@@H](CO)C(=O)NCC(=O)N[C@@H](Cc1ccccc1)C(=O)N[C@@H](CO)C(=O)N[C@@H](Cc1ccc(O)cc1)C(=O)O)C(C)C. The standard InChI is InChI=1S/C53H72N10O18/c1-27(2)18-34(54)45(72)60-40(25-65)50(77)58-37(22-43(70)71)48(75)57-36(20-30-10-14-32(67)15-11-30)49(76)63-44(28(3)4)52(79)62-39(24-64)46(73)55-23-42(69)56-35(19-29-8-6-5-7-9-29)47(74)61-41(26-66)51(78)59-38(53(80)81)21-31-12-16-33(68)17-13-31/h5-17,27-28,34-41,44,64-68H,18-26,54H2,1-4H3,(H,55,73)(H,56,69)(H,57,75)(H,58,77)(H,59,78)(H,60,72)(H,61,74)(H,62,79)(H,63,76)(H,70,71)(H,80,81)/t34-,35-,36-,37-,38-,39-,40-,41-,44-/m0/s1. The molecule has 3 aromatic carbocycles. The van der Waals surface area contributed by atoms with Gasteiger partial charge < -0.3 is 89.3 Å². The Labute approximate surface area is 465 Å². The van der Waals surface area contributed by atoms with Crippen molar-refractivity contribution in [2.75, 3.05) is 26.4 Å². The van der Waals surface area contributed by atoms with Gasteiger partial charge in [-0.25, -0.2) is 4.79 Å². The lowest BCUT2D eigenvalue weighted by molar-refractivity contribution is -0.142. The lowest BCUT2D eigenvalue weighted by Gasteiger charge is -2.28. The first kappa shape index (κ1) is 66.5. The maximum atomic E-state index is 14.1. The molecule has 28 nitrogen and oxygen atoms in total. The molecule has 0 aromatic heterocycles. The summed E-state index contributed by atoms with van der Waals surface area (Å²) in [4.78, 5) is 145. The first-order chi connectivity index (χ1) is 38.2. The number of amides is 9. The van der Waals surface area contributed by atoms with Crippen LogP contribution in [0.1, 0.15) is 57.2 Å². The van der Waals surface area contributed by atoms with Crippen LogP contribution in [0, 0.1) is 11.8 Å². The molecule has 0 fully saturated rings. The van der Waals surface area contributed by atoms with E-state index >= 15 is 0 Å². The van der Waals surface area contributed by atoms with Crippen LogP contribution in [0.5, 0.6) is 11.5 Å². The highest BCUT2D eigenvalue weighted by molar-refractivity contribution is 5.99. The van der Waals surface area contributed by atoms with E-state index in [1.54, 1.807) is 44.2 Å². The fraction of sp³-hybridized carbons (Fsp3) is 0.453. The van der Waals surface area contributed by atoms with Crippen molar-refractivity contribution in [1.29, 1.82) is 0 Å². The second-order valence-corrected chi connectivity index (χ2v) is 19.6. The summed E-state index contributed by atoms with van der Waals surface area (Å²) in [7, 11) is 0. The molecule has 9 amide bonds. The Kier molecular flexibility index (Phi) is 27.1. The van der Waals surface area contributed by atoms with Crippen molar-refractivity contribution in [1.82, 2.24) is 47.9 Å². The van der Waals surface area contributed by atoms with E-state index < -0.39 is 158 Å². The van der Waals surface area contributed by atoms with E-state index in [1.165, 1.54) is 62.4 Å². The van der Waals surface area contributed by atoms with Gasteiger partial charge in [0.2, 0.25) is 53.2 Å². The lowest BCUT2D eigenvalue weighted by atomic mass is 10.00. The lowest BCUT2D eigenvalue weighted by Crippen LogP contribution is -2.61. The quantitative estimate of drug-likeness (QED) is 0.0274. The van der Waals surface area contributed by atoms with Gasteiger partial charge in [0.25, 0.3) is 0 Å². The summed E-state index contributed by atoms with van der Waals surface area (Å²) in [6.07, 6.45) is -1.61. The van der Waals surface area contributed by atoms with Crippen molar-refractivity contribution in [3.8, 4) is 11.5 Å². The van der Waals surface area contributed by atoms with E-state index in [0.717, 1.165) is 0 Å². The van der Waals surface area contributed by atoms with Crippen molar-refractivity contribution in [2.45, 2.75) is 114 Å². The number of phenolic OH excluding ortho intramolecular Hbond substituents is 2. The molecule has 0 saturated carbocycles. The van der Waals surface area contributed by atoms with Crippen LogP contribution in [0.4, 0.5) is 0 Å². The van der Waals surface area contributed by atoms with Crippen LogP contribution < -0.4 is 53.6 Å². The number of carbonyl (C=O) groups excluding carboxylic acids is 9. The van der Waals surface area contributed by atoms with Crippen LogP contribution >= 0.6 is 0 Å². The van der Waals surface area contributed by atoms with Gasteiger partial charge in [0, 0.05) is 19.3 Å². The maximum Gasteiger partial charge on any atom is 0.326 e. The highest BCUT2D eigenvalue weighted by atomic mass is 16.4. The molecular weight excluding hydrogens is 1060 g/mol. The number of hydrogen-bond acceptors (Lipinski definition) is 17. The Bertz CT molecular complexity index is 2640. The minimum absolute atomic E-state index is 0.0155. The third kappa shape index (κ3) is 22.9. The van der Waals surface area contributed by atoms with Crippen molar-refractivity contribution < 1.29 is 88.5 Å². The molecule has 3 rings (SSSR count). The fourth-order valence-corrected chi connectivity index (χ4v) is 7.74. The molecule has 442 valence electrons. The number of benzene rings is 3. The average molecular weight is 1140 g/mol. The summed E-state index contributed by atoms with van der Waals surface area (Å²) in [5.74, 6) is -13.6. The number of aliphatic hydroxyl groups excluding tert-OH is 3. The zero-order valence-electron chi connectivity index (χ0n) is 44.9. The molecule has 0 radical (unpaired) electrons. The normalized spacial score (nSPS) is 14.4. The highest BCUT2D eigenvalue weighted by Crippen LogP contribution is 2.15. The maximum absolute atomic E-state index is 14.1. The number of aliphatic carboxylic acids is 2. The Hall–Kier alpha value is -8.73. The van der Waals surface area contributed by atoms with Crippen LogP contribution in [0.15, 0.2) is 78.9 Å². The van der Waals surface area contributed by atoms with Crippen molar-refractivity contribution >= 4 is 65.1 Å². The second-order valence-electron chi connectivity index (χ2n) is 19.6. The summed E-state index contributed by atoms with van der Waals surface area (Å²) in [5.41, 5.74) is 7.17. The Balaban J connectivity index is 1.75. The molecule has 9 atom stereocenters. The molecule has 0 spiro atoms. The molecule has 0 saturated heterocycles. The monoisotopic (exact) mass is 1140 g/mol. The number of carbonyl (C=O) groups is 11. The average Bonchev–Trinajstić information content (AvgIpc) is 3.41. The summed E-state index contributed by atoms with van der Waals surface area (Å²) < 4.78 is 0. The molecule has 3 aromatic rings. The Morgan fingerprint density at radius 3 is 1.30 bits per heavy atom. The van der Waals surface area contributed by atoms with E-state index in [-0.39, 0.29) is 43.1 Å². The molecule has 0 aliphatic rings. The molecular formula is C53H72N10O18. The summed E-state index contributed by atoms with van der Waals surface area (Å²) in [5, 5.41) is 89.8. The number of rotatable bonds is 33. The van der Waals surface area contributed by atoms with Crippen molar-refractivity contribution in [2.24, 2.45) is 17.6 Å². The van der Waals surface area contributed by atoms with Gasteiger partial charge in [-0.2, -0.15) is 0 Å². The van der Waals surface area contributed by atoms with E-state index in [1.807, 2.05) is 0 Å². The van der Waals surface area contributed by atoms with Crippen molar-refractivity contribution in [3.63, 3.8) is 0 Å². The molecule has 0 bridgehead atoms. The van der Waals surface area contributed by atoms with Crippen LogP contribution in [0.2, 0.25) is 0 Å². The van der Waals surface area contributed by atoms with E-state index in [4.69, 9.17) is 5.73 Å². The number of aromatic hydroxyl groups is 2. The molecule has 0 heterocycles. The summed E-state index contributed by atoms with van der Waals surface area (Å²) in [6, 6.07) is 4.70. The van der Waals surface area contributed by atoms with Gasteiger partial charge in [-0.15, -0.1) is 0 Å². The summed E-state index contributed by atoms with van der Waals surface area (Å²) >= 11 is 0. The van der Waals surface area contributed by atoms with Gasteiger partial charge in [0.05, 0.1) is 38.8 Å². The minimum Gasteiger partial charge on any atom is -0.508 e. The van der Waals surface area contributed by atoms with Crippen LogP contribution in [-0.2, 0) is 72.0 Å². The predicted molar refractivity (Wildman–Crippen MR) is 286 cm³/mol. The fourth-order valence-electron chi connectivity index (χ4n) is 7.74. The van der Waals surface area contributed by atoms with Gasteiger partial charge in [-0.05, 0) is 59.2 Å². The molecule has 28 heteroatoms. The van der Waals surface area contributed by atoms with Gasteiger partial charge in [0.1, 0.15) is 59.8 Å². The van der Waals surface area contributed by atoms with Crippen molar-refractivity contribution in [3.05, 3.63) is 95.6 Å². The number of carboxylic acid groups (broad SMARTS) is 2. The van der Waals surface area contributed by atoms with Crippen LogP contribution in [-0.4, -0.2) is 182 Å². The van der Waals surface area contributed by atoms with E-state index in [9.17, 15) is 88.5 Å². The first-order valence-electron chi connectivity index (χ1n) is 25.6. The van der Waals surface area contributed by atoms with Crippen LogP contribution in [0.3, 0.4) is 0 Å².